The summed E-state index contributed by atoms with van der Waals surface area (Å²) in [5, 5.41) is 16.7. The van der Waals surface area contributed by atoms with Gasteiger partial charge in [0.05, 0.1) is 6.04 Å². The molecule has 1 aromatic heterocycles. The fourth-order valence-corrected chi connectivity index (χ4v) is 5.22. The lowest BCUT2D eigenvalue weighted by atomic mass is 9.95. The molecule has 196 valence electrons. The largest absolute Gasteiger partial charge is 0.381 e. The van der Waals surface area contributed by atoms with Crippen LogP contribution in [0.15, 0.2) is 60.9 Å². The summed E-state index contributed by atoms with van der Waals surface area (Å²) < 4.78 is 0. The molecule has 3 N–H and O–H groups in total. The fraction of sp³-hybridized carbons (Fsp3) is 0.448. The number of aromatic nitrogens is 1. The lowest BCUT2D eigenvalue weighted by molar-refractivity contribution is -0.142. The Labute approximate surface area is 218 Å². The Kier molecular flexibility index (Phi) is 9.43. The van der Waals surface area contributed by atoms with E-state index < -0.39 is 30.0 Å². The predicted molar refractivity (Wildman–Crippen MR) is 141 cm³/mol. The van der Waals surface area contributed by atoms with Crippen LogP contribution in [0.3, 0.4) is 0 Å². The lowest BCUT2D eigenvalue weighted by Gasteiger charge is -2.32. The highest BCUT2D eigenvalue weighted by atomic mass is 16.3. The van der Waals surface area contributed by atoms with E-state index in [0.29, 0.717) is 25.8 Å². The van der Waals surface area contributed by atoms with Crippen molar-refractivity contribution in [3.63, 3.8) is 0 Å². The molecule has 1 saturated carbocycles. The third-order valence-corrected chi connectivity index (χ3v) is 7.18. The SMILES string of the molecule is O=C(C=Cc1cccnc1)N[C@@H](Cc1ccccc1)C(=O)N1CCCC1C(O)C(=O)NC1CCCCC1. The summed E-state index contributed by atoms with van der Waals surface area (Å²) in [6, 6.07) is 11.7. The van der Waals surface area contributed by atoms with Crippen LogP contribution in [0, 0.1) is 0 Å². The van der Waals surface area contributed by atoms with E-state index in [1.54, 1.807) is 29.4 Å². The monoisotopic (exact) mass is 504 g/mol. The Morgan fingerprint density at radius 1 is 1.03 bits per heavy atom. The number of aliphatic hydroxyl groups excluding tert-OH is 1. The molecule has 1 saturated heterocycles. The molecule has 2 aromatic rings. The van der Waals surface area contributed by atoms with Crippen LogP contribution in [0.25, 0.3) is 6.08 Å². The number of aliphatic hydroxyl groups is 1. The second kappa shape index (κ2) is 13.1. The Morgan fingerprint density at radius 3 is 2.54 bits per heavy atom. The molecule has 3 amide bonds. The molecule has 2 aliphatic rings. The molecule has 2 unspecified atom stereocenters. The molecule has 8 heteroatoms. The molecular weight excluding hydrogens is 468 g/mol. The average molecular weight is 505 g/mol. The van der Waals surface area contributed by atoms with E-state index >= 15 is 0 Å². The fourth-order valence-electron chi connectivity index (χ4n) is 5.22. The lowest BCUT2D eigenvalue weighted by Crippen LogP contribution is -2.56. The quantitative estimate of drug-likeness (QED) is 0.455. The van der Waals surface area contributed by atoms with Gasteiger partial charge in [0.15, 0.2) is 6.10 Å². The third-order valence-electron chi connectivity index (χ3n) is 7.18. The van der Waals surface area contributed by atoms with E-state index in [1.807, 2.05) is 36.4 Å². The van der Waals surface area contributed by atoms with Crippen molar-refractivity contribution >= 4 is 23.8 Å². The molecule has 4 rings (SSSR count). The van der Waals surface area contributed by atoms with Gasteiger partial charge >= 0.3 is 0 Å². The molecule has 1 aromatic carbocycles. The van der Waals surface area contributed by atoms with E-state index in [0.717, 1.165) is 36.8 Å². The zero-order valence-electron chi connectivity index (χ0n) is 21.1. The van der Waals surface area contributed by atoms with Crippen LogP contribution in [-0.2, 0) is 20.8 Å². The number of pyridine rings is 1. The first-order chi connectivity index (χ1) is 18.0. The van der Waals surface area contributed by atoms with Gasteiger partial charge in [0.25, 0.3) is 5.91 Å². The summed E-state index contributed by atoms with van der Waals surface area (Å²) in [5.41, 5.74) is 1.68. The maximum Gasteiger partial charge on any atom is 0.251 e. The maximum atomic E-state index is 13.7. The molecule has 0 spiro atoms. The number of carbonyl (C=O) groups excluding carboxylic acids is 3. The number of hydrogen-bond acceptors (Lipinski definition) is 5. The van der Waals surface area contributed by atoms with Crippen molar-refractivity contribution in [3.05, 3.63) is 72.1 Å². The Balaban J connectivity index is 1.45. The van der Waals surface area contributed by atoms with Crippen LogP contribution in [0.5, 0.6) is 0 Å². The van der Waals surface area contributed by atoms with Gasteiger partial charge in [0.2, 0.25) is 11.8 Å². The number of nitrogens with zero attached hydrogens (tertiary/aromatic N) is 2. The van der Waals surface area contributed by atoms with Gasteiger partial charge in [-0.25, -0.2) is 0 Å². The smallest absolute Gasteiger partial charge is 0.251 e. The number of nitrogens with one attached hydrogen (secondary N) is 2. The standard InChI is InChI=1S/C29H36N4O4/c34-26(16-15-22-11-7-17-30-20-22)32-24(19-21-9-3-1-4-10-21)29(37)33-18-8-14-25(33)27(35)28(36)31-23-12-5-2-6-13-23/h1,3-4,7,9-11,15-17,20,23-25,27,35H,2,5-6,8,12-14,18-19H2,(H,31,36)(H,32,34)/t24-,25?,27?/m0/s1. The molecule has 0 radical (unpaired) electrons. The van der Waals surface area contributed by atoms with Gasteiger partial charge in [-0.3, -0.25) is 19.4 Å². The van der Waals surface area contributed by atoms with Crippen LogP contribution in [0.4, 0.5) is 0 Å². The average Bonchev–Trinajstić information content (AvgIpc) is 3.42. The first-order valence-electron chi connectivity index (χ1n) is 13.2. The van der Waals surface area contributed by atoms with E-state index in [9.17, 15) is 19.5 Å². The summed E-state index contributed by atoms with van der Waals surface area (Å²) in [7, 11) is 0. The van der Waals surface area contributed by atoms with Gasteiger partial charge in [-0.2, -0.15) is 0 Å². The number of likely N-dealkylation sites (tertiary alicyclic amines) is 1. The predicted octanol–water partition coefficient (Wildman–Crippen LogP) is 2.62. The molecule has 2 heterocycles. The Hall–Kier alpha value is -3.52. The van der Waals surface area contributed by atoms with Crippen molar-refractivity contribution in [2.45, 2.75) is 75.6 Å². The van der Waals surface area contributed by atoms with E-state index in [1.165, 1.54) is 12.5 Å². The minimum atomic E-state index is -1.30. The number of hydrogen-bond donors (Lipinski definition) is 3. The number of benzene rings is 1. The highest BCUT2D eigenvalue weighted by Gasteiger charge is 2.40. The molecule has 2 fully saturated rings. The van der Waals surface area contributed by atoms with E-state index in [-0.39, 0.29) is 11.9 Å². The highest BCUT2D eigenvalue weighted by molar-refractivity contribution is 5.96. The van der Waals surface area contributed by atoms with Crippen molar-refractivity contribution < 1.29 is 19.5 Å². The number of carbonyl (C=O) groups is 3. The van der Waals surface area contributed by atoms with Gasteiger partial charge in [-0.15, -0.1) is 0 Å². The second-order valence-corrected chi connectivity index (χ2v) is 9.90. The van der Waals surface area contributed by atoms with Crippen LogP contribution < -0.4 is 10.6 Å². The summed E-state index contributed by atoms with van der Waals surface area (Å²) in [5.74, 6) is -1.11. The molecule has 8 nitrogen and oxygen atoms in total. The molecular formula is C29H36N4O4. The van der Waals surface area contributed by atoms with Gasteiger partial charge in [-0.1, -0.05) is 55.7 Å². The minimum absolute atomic E-state index is 0.0816. The van der Waals surface area contributed by atoms with Crippen LogP contribution in [0.2, 0.25) is 0 Å². The van der Waals surface area contributed by atoms with Gasteiger partial charge < -0.3 is 20.6 Å². The summed E-state index contributed by atoms with van der Waals surface area (Å²) in [6.07, 6.45) is 11.7. The van der Waals surface area contributed by atoms with E-state index in [2.05, 4.69) is 15.6 Å². The second-order valence-electron chi connectivity index (χ2n) is 9.90. The first kappa shape index (κ1) is 26.5. The van der Waals surface area contributed by atoms with Crippen LogP contribution in [-0.4, -0.2) is 63.5 Å². The summed E-state index contributed by atoms with van der Waals surface area (Å²) >= 11 is 0. The maximum absolute atomic E-state index is 13.7. The van der Waals surface area contributed by atoms with Gasteiger partial charge in [-0.05, 0) is 49.0 Å². The number of amides is 3. The Morgan fingerprint density at radius 2 is 1.81 bits per heavy atom. The van der Waals surface area contributed by atoms with Crippen LogP contribution >= 0.6 is 0 Å². The summed E-state index contributed by atoms with van der Waals surface area (Å²) in [6.45, 7) is 0.434. The van der Waals surface area contributed by atoms with Gasteiger partial charge in [0.1, 0.15) is 6.04 Å². The highest BCUT2D eigenvalue weighted by Crippen LogP contribution is 2.24. The number of rotatable bonds is 9. The summed E-state index contributed by atoms with van der Waals surface area (Å²) in [4.78, 5) is 45.0. The zero-order valence-corrected chi connectivity index (χ0v) is 21.1. The minimum Gasteiger partial charge on any atom is -0.381 e. The third kappa shape index (κ3) is 7.49. The van der Waals surface area contributed by atoms with Crippen molar-refractivity contribution in [1.29, 1.82) is 0 Å². The molecule has 37 heavy (non-hydrogen) atoms. The topological polar surface area (TPSA) is 112 Å². The van der Waals surface area contributed by atoms with Crippen molar-refractivity contribution in [2.24, 2.45) is 0 Å². The molecule has 1 aliphatic heterocycles. The molecule has 1 aliphatic carbocycles. The van der Waals surface area contributed by atoms with Crippen molar-refractivity contribution in [1.82, 2.24) is 20.5 Å². The molecule has 0 bridgehead atoms. The molecule has 3 atom stereocenters. The Bertz CT molecular complexity index is 1070. The van der Waals surface area contributed by atoms with Crippen molar-refractivity contribution in [3.8, 4) is 0 Å². The van der Waals surface area contributed by atoms with Gasteiger partial charge in [0, 0.05) is 37.5 Å². The van der Waals surface area contributed by atoms with E-state index in [4.69, 9.17) is 0 Å². The normalized spacial score (nSPS) is 19.9. The van der Waals surface area contributed by atoms with Crippen LogP contribution in [0.1, 0.15) is 56.1 Å². The first-order valence-corrected chi connectivity index (χ1v) is 13.2. The zero-order chi connectivity index (χ0) is 26.0. The van der Waals surface area contributed by atoms with Crippen molar-refractivity contribution in [2.75, 3.05) is 6.54 Å².